The third kappa shape index (κ3) is 2.86. The molecule has 0 fully saturated rings. The van der Waals surface area contributed by atoms with E-state index in [4.69, 9.17) is 9.47 Å². The Morgan fingerprint density at radius 3 is 2.86 bits per heavy atom. The van der Waals surface area contributed by atoms with Crippen molar-refractivity contribution in [2.75, 3.05) is 6.61 Å². The number of hydrogen-bond acceptors (Lipinski definition) is 3. The van der Waals surface area contributed by atoms with Crippen LogP contribution in [0.2, 0.25) is 0 Å². The summed E-state index contributed by atoms with van der Waals surface area (Å²) in [5.41, 5.74) is 1.03. The van der Waals surface area contributed by atoms with Gasteiger partial charge in [-0.2, -0.15) is 0 Å². The number of fused-ring (bicyclic) bond motifs is 1. The highest BCUT2D eigenvalue weighted by Crippen LogP contribution is 2.29. The third-order valence-corrected chi connectivity index (χ3v) is 3.28. The summed E-state index contributed by atoms with van der Waals surface area (Å²) in [6.07, 6.45) is 0.797. The number of hydrogen-bond donors (Lipinski definition) is 0. The van der Waals surface area contributed by atoms with Gasteiger partial charge in [0.05, 0.1) is 0 Å². The van der Waals surface area contributed by atoms with Crippen LogP contribution in [0.1, 0.15) is 15.9 Å². The number of aldehydes is 1. The maximum Gasteiger partial charge on any atom is 0.165 e. The Morgan fingerprint density at radius 1 is 1.24 bits per heavy atom. The Labute approximate surface area is 120 Å². The molecule has 1 aliphatic heterocycles. The van der Waals surface area contributed by atoms with Crippen LogP contribution in [0.25, 0.3) is 0 Å². The molecule has 0 saturated heterocycles. The van der Waals surface area contributed by atoms with E-state index < -0.39 is 5.82 Å². The van der Waals surface area contributed by atoms with Crippen molar-refractivity contribution < 1.29 is 23.0 Å². The van der Waals surface area contributed by atoms with Crippen LogP contribution in [0.3, 0.4) is 0 Å². The Balaban J connectivity index is 1.63. The predicted molar refractivity (Wildman–Crippen MR) is 71.8 cm³/mol. The number of halogens is 2. The second-order valence-electron chi connectivity index (χ2n) is 4.81. The molecule has 1 heterocycles. The van der Waals surface area contributed by atoms with Crippen LogP contribution >= 0.6 is 0 Å². The van der Waals surface area contributed by atoms with Gasteiger partial charge in [-0.3, -0.25) is 4.79 Å². The van der Waals surface area contributed by atoms with Gasteiger partial charge >= 0.3 is 0 Å². The van der Waals surface area contributed by atoms with Crippen molar-refractivity contribution in [3.8, 4) is 11.5 Å². The molecule has 3 nitrogen and oxygen atoms in total. The minimum atomic E-state index is -0.596. The highest BCUT2D eigenvalue weighted by atomic mass is 19.1. The highest BCUT2D eigenvalue weighted by molar-refractivity contribution is 5.74. The SMILES string of the molecule is O=Cc1ccc(OCC2Cc3cc(F)ccc3O2)c(F)c1. The molecule has 1 aliphatic rings. The van der Waals surface area contributed by atoms with Crippen LogP contribution in [0.15, 0.2) is 36.4 Å². The predicted octanol–water partition coefficient (Wildman–Crippen LogP) is 3.16. The first-order valence-corrected chi connectivity index (χ1v) is 6.48. The number of rotatable bonds is 4. The molecule has 108 valence electrons. The zero-order valence-corrected chi connectivity index (χ0v) is 11.0. The minimum absolute atomic E-state index is 0.0614. The van der Waals surface area contributed by atoms with Crippen molar-refractivity contribution in [3.63, 3.8) is 0 Å². The van der Waals surface area contributed by atoms with Crippen LogP contribution in [0.5, 0.6) is 11.5 Å². The van der Waals surface area contributed by atoms with Crippen molar-refractivity contribution >= 4 is 6.29 Å². The lowest BCUT2D eigenvalue weighted by Crippen LogP contribution is -2.22. The highest BCUT2D eigenvalue weighted by Gasteiger charge is 2.24. The Bertz CT molecular complexity index is 685. The van der Waals surface area contributed by atoms with E-state index in [1.54, 1.807) is 6.07 Å². The first-order valence-electron chi connectivity index (χ1n) is 6.48. The van der Waals surface area contributed by atoms with E-state index in [1.807, 2.05) is 0 Å². The lowest BCUT2D eigenvalue weighted by atomic mass is 10.1. The smallest absolute Gasteiger partial charge is 0.165 e. The molecule has 0 N–H and O–H groups in total. The molecule has 0 amide bonds. The topological polar surface area (TPSA) is 35.5 Å². The van der Waals surface area contributed by atoms with Crippen molar-refractivity contribution in [3.05, 3.63) is 59.2 Å². The van der Waals surface area contributed by atoms with E-state index >= 15 is 0 Å². The molecule has 0 spiro atoms. The van der Waals surface area contributed by atoms with Gasteiger partial charge in [0, 0.05) is 17.5 Å². The Hall–Kier alpha value is -2.43. The summed E-state index contributed by atoms with van der Waals surface area (Å²) in [5, 5.41) is 0. The molecule has 0 bridgehead atoms. The molecule has 21 heavy (non-hydrogen) atoms. The second-order valence-corrected chi connectivity index (χ2v) is 4.81. The summed E-state index contributed by atoms with van der Waals surface area (Å²) < 4.78 is 37.7. The summed E-state index contributed by atoms with van der Waals surface area (Å²) in [5.74, 6) is -0.219. The molecule has 2 aromatic carbocycles. The lowest BCUT2D eigenvalue weighted by Gasteiger charge is -2.13. The molecule has 3 rings (SSSR count). The summed E-state index contributed by atoms with van der Waals surface area (Å²) in [6, 6.07) is 8.33. The van der Waals surface area contributed by atoms with Gasteiger partial charge in [-0.25, -0.2) is 8.78 Å². The second kappa shape index (κ2) is 5.52. The summed E-state index contributed by atoms with van der Waals surface area (Å²) in [6.45, 7) is 0.146. The van der Waals surface area contributed by atoms with Crippen LogP contribution < -0.4 is 9.47 Å². The van der Waals surface area contributed by atoms with E-state index in [9.17, 15) is 13.6 Å². The molecule has 0 aliphatic carbocycles. The fraction of sp³-hybridized carbons (Fsp3) is 0.188. The average molecular weight is 290 g/mol. The van der Waals surface area contributed by atoms with Gasteiger partial charge in [0.25, 0.3) is 0 Å². The molecular formula is C16H12F2O3. The van der Waals surface area contributed by atoms with E-state index in [-0.39, 0.29) is 29.8 Å². The Morgan fingerprint density at radius 2 is 2.10 bits per heavy atom. The first-order chi connectivity index (χ1) is 10.2. The van der Waals surface area contributed by atoms with Crippen LogP contribution in [0.4, 0.5) is 8.78 Å². The maximum absolute atomic E-state index is 13.7. The van der Waals surface area contributed by atoms with Gasteiger partial charge in [0.2, 0.25) is 0 Å². The number of carbonyl (C=O) groups excluding carboxylic acids is 1. The molecule has 1 unspecified atom stereocenters. The fourth-order valence-electron chi connectivity index (χ4n) is 2.27. The third-order valence-electron chi connectivity index (χ3n) is 3.28. The molecule has 5 heteroatoms. The Kier molecular flexibility index (Phi) is 3.56. The zero-order valence-electron chi connectivity index (χ0n) is 11.0. The van der Waals surface area contributed by atoms with Crippen molar-refractivity contribution in [1.82, 2.24) is 0 Å². The van der Waals surface area contributed by atoms with E-state index in [2.05, 4.69) is 0 Å². The fourth-order valence-corrected chi connectivity index (χ4v) is 2.27. The molecular weight excluding hydrogens is 278 g/mol. The quantitative estimate of drug-likeness (QED) is 0.811. The van der Waals surface area contributed by atoms with Crippen molar-refractivity contribution in [1.29, 1.82) is 0 Å². The summed E-state index contributed by atoms with van der Waals surface area (Å²) in [4.78, 5) is 10.5. The lowest BCUT2D eigenvalue weighted by molar-refractivity contribution is 0.112. The first kappa shape index (κ1) is 13.5. The van der Waals surface area contributed by atoms with Gasteiger partial charge in [0.1, 0.15) is 30.6 Å². The number of carbonyl (C=O) groups is 1. The minimum Gasteiger partial charge on any atom is -0.487 e. The molecule has 1 atom stereocenters. The van der Waals surface area contributed by atoms with Gasteiger partial charge < -0.3 is 9.47 Å². The van der Waals surface area contributed by atoms with Crippen molar-refractivity contribution in [2.45, 2.75) is 12.5 Å². The standard InChI is InChI=1S/C16H12F2O3/c17-12-2-4-15-11(6-12)7-13(21-15)9-20-16-3-1-10(8-19)5-14(16)18/h1-6,8,13H,7,9H2. The molecule has 0 aromatic heterocycles. The molecule has 2 aromatic rings. The van der Waals surface area contributed by atoms with E-state index in [0.717, 1.165) is 11.6 Å². The zero-order chi connectivity index (χ0) is 14.8. The van der Waals surface area contributed by atoms with E-state index in [1.165, 1.54) is 24.3 Å². The molecule has 0 radical (unpaired) electrons. The van der Waals surface area contributed by atoms with Gasteiger partial charge in [-0.05, 0) is 36.4 Å². The van der Waals surface area contributed by atoms with Crippen LogP contribution in [-0.2, 0) is 6.42 Å². The van der Waals surface area contributed by atoms with Gasteiger partial charge in [-0.1, -0.05) is 0 Å². The van der Waals surface area contributed by atoms with Gasteiger partial charge in [-0.15, -0.1) is 0 Å². The summed E-state index contributed by atoms with van der Waals surface area (Å²) >= 11 is 0. The maximum atomic E-state index is 13.7. The van der Waals surface area contributed by atoms with Crippen molar-refractivity contribution in [2.24, 2.45) is 0 Å². The van der Waals surface area contributed by atoms with Gasteiger partial charge in [0.15, 0.2) is 11.6 Å². The monoisotopic (exact) mass is 290 g/mol. The largest absolute Gasteiger partial charge is 0.487 e. The van der Waals surface area contributed by atoms with Crippen LogP contribution in [0, 0.1) is 11.6 Å². The number of benzene rings is 2. The molecule has 0 saturated carbocycles. The number of ether oxygens (including phenoxy) is 2. The average Bonchev–Trinajstić information content (AvgIpc) is 2.87. The normalized spacial score (nSPS) is 16.2. The van der Waals surface area contributed by atoms with E-state index in [0.29, 0.717) is 18.5 Å². The van der Waals surface area contributed by atoms with Crippen LogP contribution in [-0.4, -0.2) is 19.0 Å². The summed E-state index contributed by atoms with van der Waals surface area (Å²) in [7, 11) is 0.